The third kappa shape index (κ3) is 6.26. The van der Waals surface area contributed by atoms with Crippen LogP contribution < -0.4 is 4.31 Å². The number of carbonyl (C=O) groups is 1. The largest absolute Gasteiger partial charge is 0.481 e. The molecule has 0 saturated heterocycles. The quantitative estimate of drug-likeness (QED) is 0.250. The van der Waals surface area contributed by atoms with E-state index in [0.29, 0.717) is 0 Å². The molecule has 0 aliphatic carbocycles. The molecule has 0 unspecified atom stereocenters. The van der Waals surface area contributed by atoms with Gasteiger partial charge in [-0.25, -0.2) is 0 Å². The Bertz CT molecular complexity index is 1540. The van der Waals surface area contributed by atoms with Crippen molar-refractivity contribution in [1.82, 2.24) is 9.78 Å². The van der Waals surface area contributed by atoms with E-state index >= 15 is 0 Å². The highest BCUT2D eigenvalue weighted by molar-refractivity contribution is 7.99. The van der Waals surface area contributed by atoms with E-state index < -0.39 is 11.6 Å². The molecular weight excluding hydrogens is 518 g/mol. The SMILES string of the molecule is CC(C)(C)O.CSN1Cc2ccc(-c3cnn(C)c3)cc2-c2c(C)c(-c3ccc(C)cc3)c(CC(=O)O)c(C)c21. The van der Waals surface area contributed by atoms with Crippen molar-refractivity contribution in [2.24, 2.45) is 7.05 Å². The Morgan fingerprint density at radius 2 is 1.60 bits per heavy atom. The lowest BCUT2D eigenvalue weighted by Crippen LogP contribution is -2.22. The van der Waals surface area contributed by atoms with Crippen LogP contribution in [0.4, 0.5) is 5.69 Å². The normalized spacial score (nSPS) is 12.4. The Balaban J connectivity index is 0.000000681. The molecule has 40 heavy (non-hydrogen) atoms. The Kier molecular flexibility index (Phi) is 8.47. The fourth-order valence-corrected chi connectivity index (χ4v) is 5.94. The van der Waals surface area contributed by atoms with Crippen LogP contribution in [-0.4, -0.2) is 37.8 Å². The summed E-state index contributed by atoms with van der Waals surface area (Å²) in [6, 6.07) is 15.1. The molecule has 7 heteroatoms. The summed E-state index contributed by atoms with van der Waals surface area (Å²) in [5, 5.41) is 22.7. The first kappa shape index (κ1) is 29.4. The molecule has 0 fully saturated rings. The highest BCUT2D eigenvalue weighted by Crippen LogP contribution is 2.50. The lowest BCUT2D eigenvalue weighted by Gasteiger charge is -2.36. The number of benzene rings is 3. The van der Waals surface area contributed by atoms with Gasteiger partial charge in [-0.05, 0) is 92.1 Å². The fraction of sp³-hybridized carbons (Fsp3) is 0.333. The first-order valence-electron chi connectivity index (χ1n) is 13.4. The summed E-state index contributed by atoms with van der Waals surface area (Å²) in [6.07, 6.45) is 6.00. The molecule has 2 heterocycles. The van der Waals surface area contributed by atoms with Crippen molar-refractivity contribution in [3.8, 4) is 33.4 Å². The van der Waals surface area contributed by atoms with Crippen molar-refractivity contribution >= 4 is 23.6 Å². The van der Waals surface area contributed by atoms with Crippen molar-refractivity contribution < 1.29 is 15.0 Å². The van der Waals surface area contributed by atoms with Gasteiger partial charge in [-0.15, -0.1) is 0 Å². The van der Waals surface area contributed by atoms with Gasteiger partial charge < -0.3 is 14.5 Å². The van der Waals surface area contributed by atoms with E-state index in [9.17, 15) is 9.90 Å². The predicted octanol–water partition coefficient (Wildman–Crippen LogP) is 7.35. The van der Waals surface area contributed by atoms with Gasteiger partial charge in [0.15, 0.2) is 0 Å². The molecule has 0 radical (unpaired) electrons. The number of carboxylic acids is 1. The smallest absolute Gasteiger partial charge is 0.307 e. The van der Waals surface area contributed by atoms with Crippen LogP contribution in [0.5, 0.6) is 0 Å². The zero-order valence-corrected chi connectivity index (χ0v) is 25.5. The summed E-state index contributed by atoms with van der Waals surface area (Å²) in [4.78, 5) is 12.0. The van der Waals surface area contributed by atoms with Gasteiger partial charge >= 0.3 is 5.97 Å². The first-order valence-corrected chi connectivity index (χ1v) is 14.6. The summed E-state index contributed by atoms with van der Waals surface area (Å²) in [6.45, 7) is 12.3. The van der Waals surface area contributed by atoms with Crippen LogP contribution in [0.25, 0.3) is 33.4 Å². The van der Waals surface area contributed by atoms with Crippen LogP contribution >= 0.6 is 11.9 Å². The number of nitrogens with zero attached hydrogens (tertiary/aromatic N) is 3. The minimum atomic E-state index is -0.813. The molecule has 0 bridgehead atoms. The van der Waals surface area contributed by atoms with Crippen LogP contribution in [0.2, 0.25) is 0 Å². The van der Waals surface area contributed by atoms with Crippen LogP contribution in [0.15, 0.2) is 54.9 Å². The van der Waals surface area contributed by atoms with Crippen LogP contribution in [0.1, 0.15) is 48.6 Å². The number of aliphatic hydroxyl groups is 1. The monoisotopic (exact) mass is 557 g/mol. The van der Waals surface area contributed by atoms with Crippen molar-refractivity contribution in [1.29, 1.82) is 0 Å². The number of hydrogen-bond donors (Lipinski definition) is 2. The first-order chi connectivity index (χ1) is 18.8. The summed E-state index contributed by atoms with van der Waals surface area (Å²) in [7, 11) is 1.93. The van der Waals surface area contributed by atoms with Gasteiger partial charge in [0.2, 0.25) is 0 Å². The Morgan fingerprint density at radius 3 is 2.15 bits per heavy atom. The Labute approximate surface area is 241 Å². The number of aliphatic carboxylic acids is 1. The molecule has 1 aromatic heterocycles. The van der Waals surface area contributed by atoms with E-state index in [1.54, 1.807) is 32.7 Å². The molecule has 0 spiro atoms. The minimum Gasteiger partial charge on any atom is -0.481 e. The van der Waals surface area contributed by atoms with Crippen molar-refractivity contribution in [3.05, 3.63) is 82.7 Å². The molecule has 1 aliphatic rings. The van der Waals surface area contributed by atoms with Crippen molar-refractivity contribution in [2.75, 3.05) is 10.6 Å². The molecule has 5 rings (SSSR count). The number of aromatic nitrogens is 2. The van der Waals surface area contributed by atoms with E-state index in [2.05, 4.69) is 78.9 Å². The van der Waals surface area contributed by atoms with Gasteiger partial charge in [0, 0.05) is 30.6 Å². The third-order valence-corrected chi connectivity index (χ3v) is 7.72. The number of aryl methyl sites for hydroxylation is 2. The molecule has 0 saturated carbocycles. The highest BCUT2D eigenvalue weighted by Gasteiger charge is 2.30. The molecule has 3 aromatic carbocycles. The van der Waals surface area contributed by atoms with E-state index in [-0.39, 0.29) is 6.42 Å². The second kappa shape index (κ2) is 11.5. The van der Waals surface area contributed by atoms with Gasteiger partial charge in [0.25, 0.3) is 0 Å². The molecule has 0 amide bonds. The maximum Gasteiger partial charge on any atom is 0.307 e. The fourth-order valence-electron chi connectivity index (χ4n) is 5.26. The van der Waals surface area contributed by atoms with E-state index in [1.807, 2.05) is 24.1 Å². The highest BCUT2D eigenvalue weighted by atomic mass is 32.2. The van der Waals surface area contributed by atoms with E-state index in [1.165, 1.54) is 22.3 Å². The van der Waals surface area contributed by atoms with Crippen molar-refractivity contribution in [3.63, 3.8) is 0 Å². The zero-order chi connectivity index (χ0) is 29.4. The maximum atomic E-state index is 12.0. The minimum absolute atomic E-state index is 0.00599. The topological polar surface area (TPSA) is 78.6 Å². The second-order valence-electron chi connectivity index (χ2n) is 11.4. The average Bonchev–Trinajstić information content (AvgIpc) is 3.31. The molecule has 4 aromatic rings. The number of rotatable bonds is 5. The van der Waals surface area contributed by atoms with Gasteiger partial charge in [-0.3, -0.25) is 9.48 Å². The number of anilines is 1. The van der Waals surface area contributed by atoms with Gasteiger partial charge in [0.1, 0.15) is 0 Å². The number of hydrogen-bond acceptors (Lipinski definition) is 5. The van der Waals surface area contributed by atoms with Gasteiger partial charge in [0.05, 0.1) is 30.5 Å². The standard InChI is InChI=1S/C29H29N3O2S.C4H10O/c1-17-6-8-20(9-7-17)27-19(3)28-25-12-21(23-14-30-31(4)15-23)10-11-22(25)16-32(35-5)29(28)18(2)24(27)13-26(33)34;1-4(2,3)5/h6-12,14-15H,13,16H2,1-5H3,(H,33,34);5H,1-3H3. The predicted molar refractivity (Wildman–Crippen MR) is 167 cm³/mol. The Hall–Kier alpha value is -3.55. The molecular formula is C33H39N3O3S. The van der Waals surface area contributed by atoms with Crippen LogP contribution in [0.3, 0.4) is 0 Å². The summed E-state index contributed by atoms with van der Waals surface area (Å²) >= 11 is 1.68. The van der Waals surface area contributed by atoms with Gasteiger partial charge in [-0.1, -0.05) is 53.9 Å². The third-order valence-electron chi connectivity index (χ3n) is 6.97. The molecule has 6 nitrogen and oxygen atoms in total. The van der Waals surface area contributed by atoms with E-state index in [4.69, 9.17) is 5.11 Å². The molecule has 2 N–H and O–H groups in total. The van der Waals surface area contributed by atoms with E-state index in [0.717, 1.165) is 51.2 Å². The number of fused-ring (bicyclic) bond motifs is 3. The summed E-state index contributed by atoms with van der Waals surface area (Å²) in [5.74, 6) is -0.813. The van der Waals surface area contributed by atoms with Crippen molar-refractivity contribution in [2.45, 2.75) is 60.1 Å². The molecule has 1 aliphatic heterocycles. The van der Waals surface area contributed by atoms with Gasteiger partial charge in [-0.2, -0.15) is 5.10 Å². The lowest BCUT2D eigenvalue weighted by molar-refractivity contribution is -0.136. The summed E-state index contributed by atoms with van der Waals surface area (Å²) in [5.41, 5.74) is 12.8. The molecule has 210 valence electrons. The van der Waals surface area contributed by atoms with Crippen LogP contribution in [-0.2, 0) is 24.8 Å². The number of carboxylic acid groups (broad SMARTS) is 1. The lowest BCUT2D eigenvalue weighted by atomic mass is 9.80. The van der Waals surface area contributed by atoms with Crippen LogP contribution in [0, 0.1) is 20.8 Å². The zero-order valence-electron chi connectivity index (χ0n) is 24.7. The Morgan fingerprint density at radius 1 is 0.975 bits per heavy atom. The maximum absolute atomic E-state index is 12.0. The summed E-state index contributed by atoms with van der Waals surface area (Å²) < 4.78 is 4.12. The molecule has 0 atom stereocenters. The average molecular weight is 558 g/mol. The second-order valence-corrected chi connectivity index (χ2v) is 12.2.